The van der Waals surface area contributed by atoms with Crippen LogP contribution in [0.5, 0.6) is 5.75 Å². The molecule has 2 aromatic carbocycles. The van der Waals surface area contributed by atoms with Crippen LogP contribution in [0.4, 0.5) is 0 Å². The number of sulfonamides is 1. The monoisotopic (exact) mass is 409 g/mol. The number of ether oxygens (including phenoxy) is 1. The van der Waals surface area contributed by atoms with E-state index in [2.05, 4.69) is 15.9 Å². The quantitative estimate of drug-likeness (QED) is 0.572. The van der Waals surface area contributed by atoms with Crippen LogP contribution in [0.25, 0.3) is 0 Å². The highest BCUT2D eigenvalue weighted by atomic mass is 79.9. The molecule has 0 aromatic heterocycles. The lowest BCUT2D eigenvalue weighted by molar-refractivity contribution is 0.0734. The van der Waals surface area contributed by atoms with Gasteiger partial charge in [-0.1, -0.05) is 28.1 Å². The summed E-state index contributed by atoms with van der Waals surface area (Å²) in [5, 5.41) is 0. The highest BCUT2D eigenvalue weighted by Gasteiger charge is 2.27. The molecular weight excluding hydrogens is 394 g/mol. The maximum Gasteiger partial charge on any atom is 0.343 e. The van der Waals surface area contributed by atoms with Crippen molar-refractivity contribution < 1.29 is 17.9 Å². The minimum atomic E-state index is -3.56. The zero-order valence-corrected chi connectivity index (χ0v) is 15.2. The molecule has 3 rings (SSSR count). The van der Waals surface area contributed by atoms with Gasteiger partial charge in [0.25, 0.3) is 0 Å². The molecule has 0 amide bonds. The molecule has 0 saturated carbocycles. The van der Waals surface area contributed by atoms with Gasteiger partial charge in [-0.15, -0.1) is 0 Å². The Bertz CT molecular complexity index is 860. The lowest BCUT2D eigenvalue weighted by atomic mass is 10.2. The molecule has 1 aliphatic heterocycles. The lowest BCUT2D eigenvalue weighted by Gasteiger charge is -2.15. The van der Waals surface area contributed by atoms with Crippen molar-refractivity contribution in [1.82, 2.24) is 4.31 Å². The number of carbonyl (C=O) groups is 1. The fourth-order valence-electron chi connectivity index (χ4n) is 2.56. The first-order valence-corrected chi connectivity index (χ1v) is 9.78. The third-order valence-corrected chi connectivity index (χ3v) is 6.17. The lowest BCUT2D eigenvalue weighted by Crippen LogP contribution is -2.28. The molecule has 1 aliphatic rings. The maximum absolute atomic E-state index is 12.6. The number of benzene rings is 2. The van der Waals surface area contributed by atoms with Gasteiger partial charge >= 0.3 is 5.97 Å². The van der Waals surface area contributed by atoms with Crippen molar-refractivity contribution in [2.24, 2.45) is 0 Å². The standard InChI is InChI=1S/C17H16BrNO4S/c18-14-6-4-7-15(12-14)23-17(20)13-5-3-8-16(11-13)24(21,22)19-9-1-2-10-19/h3-8,11-12H,1-2,9-10H2. The molecule has 0 unspecified atom stereocenters. The molecule has 5 nitrogen and oxygen atoms in total. The molecule has 2 aromatic rings. The highest BCUT2D eigenvalue weighted by Crippen LogP contribution is 2.23. The second kappa shape index (κ2) is 7.04. The van der Waals surface area contributed by atoms with Crippen LogP contribution in [-0.2, 0) is 10.0 Å². The molecular formula is C17H16BrNO4S. The Balaban J connectivity index is 1.83. The van der Waals surface area contributed by atoms with Gasteiger partial charge in [-0.3, -0.25) is 0 Å². The number of carbonyl (C=O) groups excluding carboxylic acids is 1. The van der Waals surface area contributed by atoms with Crippen LogP contribution >= 0.6 is 15.9 Å². The van der Waals surface area contributed by atoms with E-state index in [1.807, 2.05) is 6.07 Å². The largest absolute Gasteiger partial charge is 0.423 e. The van der Waals surface area contributed by atoms with Crippen molar-refractivity contribution >= 4 is 31.9 Å². The summed E-state index contributed by atoms with van der Waals surface area (Å²) >= 11 is 3.31. The Morgan fingerprint density at radius 3 is 2.46 bits per heavy atom. The topological polar surface area (TPSA) is 63.7 Å². The number of hydrogen-bond donors (Lipinski definition) is 0. The number of nitrogens with zero attached hydrogens (tertiary/aromatic N) is 1. The minimum Gasteiger partial charge on any atom is -0.423 e. The summed E-state index contributed by atoms with van der Waals surface area (Å²) in [6.45, 7) is 1.05. The smallest absolute Gasteiger partial charge is 0.343 e. The third kappa shape index (κ3) is 3.68. The molecule has 0 aliphatic carbocycles. The van der Waals surface area contributed by atoms with E-state index in [4.69, 9.17) is 4.74 Å². The minimum absolute atomic E-state index is 0.119. The summed E-state index contributed by atoms with van der Waals surface area (Å²) in [5.74, 6) is -0.200. The van der Waals surface area contributed by atoms with Crippen LogP contribution in [0.3, 0.4) is 0 Å². The summed E-state index contributed by atoms with van der Waals surface area (Å²) in [7, 11) is -3.56. The molecule has 1 heterocycles. The molecule has 1 fully saturated rings. The van der Waals surface area contributed by atoms with Crippen molar-refractivity contribution in [2.45, 2.75) is 17.7 Å². The molecule has 0 bridgehead atoms. The molecule has 24 heavy (non-hydrogen) atoms. The summed E-state index contributed by atoms with van der Waals surface area (Å²) in [5.41, 5.74) is 0.204. The van der Waals surface area contributed by atoms with E-state index >= 15 is 0 Å². The van der Waals surface area contributed by atoms with Crippen LogP contribution in [0.15, 0.2) is 57.9 Å². The number of rotatable bonds is 4. The first-order chi connectivity index (χ1) is 11.5. The van der Waals surface area contributed by atoms with Crippen LogP contribution in [0.1, 0.15) is 23.2 Å². The average molecular weight is 410 g/mol. The predicted molar refractivity (Wildman–Crippen MR) is 93.5 cm³/mol. The van der Waals surface area contributed by atoms with Crippen molar-refractivity contribution in [3.63, 3.8) is 0 Å². The SMILES string of the molecule is O=C(Oc1cccc(Br)c1)c1cccc(S(=O)(=O)N2CCCC2)c1. The van der Waals surface area contributed by atoms with E-state index in [-0.39, 0.29) is 10.5 Å². The average Bonchev–Trinajstić information content (AvgIpc) is 3.10. The molecule has 126 valence electrons. The van der Waals surface area contributed by atoms with Crippen LogP contribution in [0.2, 0.25) is 0 Å². The van der Waals surface area contributed by atoms with Crippen molar-refractivity contribution in [2.75, 3.05) is 13.1 Å². The summed E-state index contributed by atoms with van der Waals surface area (Å²) in [6.07, 6.45) is 1.73. The zero-order chi connectivity index (χ0) is 17.2. The second-order valence-electron chi connectivity index (χ2n) is 5.49. The number of hydrogen-bond acceptors (Lipinski definition) is 4. The summed E-state index contributed by atoms with van der Waals surface area (Å²) in [6, 6.07) is 12.9. The molecule has 1 saturated heterocycles. The van der Waals surface area contributed by atoms with E-state index in [9.17, 15) is 13.2 Å². The first kappa shape index (κ1) is 17.1. The van der Waals surface area contributed by atoms with Crippen LogP contribution in [-0.4, -0.2) is 31.8 Å². The number of esters is 1. The molecule has 7 heteroatoms. The maximum atomic E-state index is 12.6. The predicted octanol–water partition coefficient (Wildman–Crippen LogP) is 3.45. The van der Waals surface area contributed by atoms with Crippen molar-refractivity contribution in [3.8, 4) is 5.75 Å². The Morgan fingerprint density at radius 2 is 1.75 bits per heavy atom. The summed E-state index contributed by atoms with van der Waals surface area (Å²) in [4.78, 5) is 12.4. The zero-order valence-electron chi connectivity index (χ0n) is 12.8. The van der Waals surface area contributed by atoms with Gasteiger partial charge < -0.3 is 4.74 Å². The number of halogens is 1. The van der Waals surface area contributed by atoms with Gasteiger partial charge in [0.1, 0.15) is 5.75 Å². The van der Waals surface area contributed by atoms with E-state index < -0.39 is 16.0 Å². The second-order valence-corrected chi connectivity index (χ2v) is 8.34. The van der Waals surface area contributed by atoms with Gasteiger partial charge in [0.15, 0.2) is 0 Å². The van der Waals surface area contributed by atoms with E-state index in [1.54, 1.807) is 30.3 Å². The first-order valence-electron chi connectivity index (χ1n) is 7.55. The van der Waals surface area contributed by atoms with Gasteiger partial charge in [0.2, 0.25) is 10.0 Å². The fourth-order valence-corrected chi connectivity index (χ4v) is 4.50. The van der Waals surface area contributed by atoms with Crippen LogP contribution in [0, 0.1) is 0 Å². The summed E-state index contributed by atoms with van der Waals surface area (Å²) < 4.78 is 32.7. The molecule has 0 radical (unpaired) electrons. The Hall–Kier alpha value is -1.70. The van der Waals surface area contributed by atoms with Gasteiger partial charge in [-0.25, -0.2) is 13.2 Å². The Kier molecular flexibility index (Phi) is 5.03. The van der Waals surface area contributed by atoms with Crippen molar-refractivity contribution in [3.05, 3.63) is 58.6 Å². The Labute approximate surface area is 149 Å². The molecule has 0 N–H and O–H groups in total. The van der Waals surface area contributed by atoms with Gasteiger partial charge in [-0.05, 0) is 49.2 Å². The van der Waals surface area contributed by atoms with E-state index in [0.717, 1.165) is 17.3 Å². The van der Waals surface area contributed by atoms with Gasteiger partial charge in [-0.2, -0.15) is 4.31 Å². The Morgan fingerprint density at radius 1 is 1.04 bits per heavy atom. The fraction of sp³-hybridized carbons (Fsp3) is 0.235. The van der Waals surface area contributed by atoms with Crippen molar-refractivity contribution in [1.29, 1.82) is 0 Å². The van der Waals surface area contributed by atoms with Gasteiger partial charge in [0, 0.05) is 17.6 Å². The third-order valence-electron chi connectivity index (χ3n) is 3.78. The van der Waals surface area contributed by atoms with E-state index in [1.165, 1.54) is 16.4 Å². The van der Waals surface area contributed by atoms with Crippen LogP contribution < -0.4 is 4.74 Å². The van der Waals surface area contributed by atoms with Gasteiger partial charge in [0.05, 0.1) is 10.5 Å². The normalized spacial score (nSPS) is 15.4. The highest BCUT2D eigenvalue weighted by molar-refractivity contribution is 9.10. The molecule has 0 spiro atoms. The van der Waals surface area contributed by atoms with E-state index in [0.29, 0.717) is 18.8 Å². The molecule has 0 atom stereocenters.